The van der Waals surface area contributed by atoms with Crippen LogP contribution in [0.4, 0.5) is 0 Å². The molecule has 0 radical (unpaired) electrons. The summed E-state index contributed by atoms with van der Waals surface area (Å²) in [4.78, 5) is 19.5. The summed E-state index contributed by atoms with van der Waals surface area (Å²) in [5, 5.41) is 12.1. The van der Waals surface area contributed by atoms with E-state index in [2.05, 4.69) is 4.99 Å². The summed E-state index contributed by atoms with van der Waals surface area (Å²) < 4.78 is 6.56. The number of aliphatic imine (C=N–C) groups is 1. The predicted molar refractivity (Wildman–Crippen MR) is 113 cm³/mol. The summed E-state index contributed by atoms with van der Waals surface area (Å²) in [6.07, 6.45) is 1.66. The average molecular weight is 379 g/mol. The number of aromatic nitrogens is 1. The van der Waals surface area contributed by atoms with Gasteiger partial charge in [-0.3, -0.25) is 14.4 Å². The van der Waals surface area contributed by atoms with Gasteiger partial charge in [-0.05, 0) is 37.9 Å². The van der Waals surface area contributed by atoms with Crippen molar-refractivity contribution in [2.45, 2.75) is 6.54 Å². The number of hydrogen-bond donors (Lipinski definition) is 1. The van der Waals surface area contributed by atoms with Gasteiger partial charge in [-0.1, -0.05) is 30.3 Å². The third kappa shape index (κ3) is 4.23. The van der Waals surface area contributed by atoms with Gasteiger partial charge in [-0.15, -0.1) is 0 Å². The molecule has 1 aromatic heterocycles. The molecule has 0 saturated carbocycles. The van der Waals surface area contributed by atoms with Crippen LogP contribution in [0, 0.1) is 0 Å². The third-order valence-corrected chi connectivity index (χ3v) is 4.59. The number of aromatic hydroxyl groups is 1. The van der Waals surface area contributed by atoms with Crippen LogP contribution in [0.25, 0.3) is 10.8 Å². The zero-order valence-corrected chi connectivity index (χ0v) is 16.4. The van der Waals surface area contributed by atoms with E-state index in [4.69, 9.17) is 4.74 Å². The maximum Gasteiger partial charge on any atom is 0.261 e. The van der Waals surface area contributed by atoms with Crippen LogP contribution in [-0.2, 0) is 6.54 Å². The molecule has 0 aliphatic carbocycles. The van der Waals surface area contributed by atoms with Crippen LogP contribution in [-0.4, -0.2) is 55.1 Å². The van der Waals surface area contributed by atoms with Crippen molar-refractivity contribution in [2.24, 2.45) is 4.99 Å². The molecule has 1 N–H and O–H groups in total. The number of methoxy groups -OCH3 is 1. The van der Waals surface area contributed by atoms with Crippen molar-refractivity contribution in [1.82, 2.24) is 9.47 Å². The van der Waals surface area contributed by atoms with E-state index >= 15 is 0 Å². The lowest BCUT2D eigenvalue weighted by atomic mass is 10.1. The Balaban J connectivity index is 2.05. The van der Waals surface area contributed by atoms with E-state index in [9.17, 15) is 9.90 Å². The molecule has 0 aliphatic heterocycles. The van der Waals surface area contributed by atoms with Gasteiger partial charge in [0.05, 0.1) is 25.8 Å². The maximum atomic E-state index is 13.0. The molecule has 6 nitrogen and oxygen atoms in total. The highest BCUT2D eigenvalue weighted by molar-refractivity contribution is 6.01. The summed E-state index contributed by atoms with van der Waals surface area (Å²) in [6, 6.07) is 14.7. The minimum atomic E-state index is -0.227. The Hall–Kier alpha value is -3.12. The highest BCUT2D eigenvalue weighted by atomic mass is 16.5. The summed E-state index contributed by atoms with van der Waals surface area (Å²) >= 11 is 0. The third-order valence-electron chi connectivity index (χ3n) is 4.59. The molecule has 0 unspecified atom stereocenters. The lowest BCUT2D eigenvalue weighted by Crippen LogP contribution is -2.22. The summed E-state index contributed by atoms with van der Waals surface area (Å²) in [6.45, 7) is 1.68. The minimum absolute atomic E-state index is 0.0758. The molecule has 6 heteroatoms. The molecular formula is C22H25N3O3. The van der Waals surface area contributed by atoms with Crippen LogP contribution in [0.2, 0.25) is 0 Å². The van der Waals surface area contributed by atoms with Gasteiger partial charge in [0.1, 0.15) is 5.75 Å². The van der Waals surface area contributed by atoms with Crippen LogP contribution >= 0.6 is 0 Å². The fourth-order valence-electron chi connectivity index (χ4n) is 3.01. The van der Waals surface area contributed by atoms with Crippen molar-refractivity contribution in [3.05, 3.63) is 70.0 Å². The molecule has 3 rings (SSSR count). The first-order chi connectivity index (χ1) is 13.5. The number of fused-ring (bicyclic) bond motifs is 1. The van der Waals surface area contributed by atoms with E-state index in [1.54, 1.807) is 19.4 Å². The number of hydrogen-bond acceptors (Lipinski definition) is 5. The Morgan fingerprint density at radius 2 is 1.79 bits per heavy atom. The first kappa shape index (κ1) is 19.6. The molecule has 0 aliphatic rings. The molecule has 0 spiro atoms. The fraction of sp³-hybridized carbons (Fsp3) is 0.273. The number of ether oxygens (including phenoxy) is 1. The number of likely N-dealkylation sites (N-methyl/N-ethyl adjacent to an activating group) is 1. The van der Waals surface area contributed by atoms with Crippen molar-refractivity contribution in [3.63, 3.8) is 0 Å². The zero-order chi connectivity index (χ0) is 20.1. The number of nitrogens with zero attached hydrogens (tertiary/aromatic N) is 3. The van der Waals surface area contributed by atoms with Crippen LogP contribution < -0.4 is 10.3 Å². The maximum absolute atomic E-state index is 13.0. The van der Waals surface area contributed by atoms with Gasteiger partial charge < -0.3 is 14.7 Å². The van der Waals surface area contributed by atoms with Crippen LogP contribution in [0.5, 0.6) is 11.6 Å². The highest BCUT2D eigenvalue weighted by Gasteiger charge is 2.15. The Labute approximate surface area is 164 Å². The van der Waals surface area contributed by atoms with Crippen molar-refractivity contribution < 1.29 is 9.84 Å². The van der Waals surface area contributed by atoms with E-state index in [0.717, 1.165) is 17.9 Å². The topological polar surface area (TPSA) is 67.1 Å². The largest absolute Gasteiger partial charge is 0.497 e. The Kier molecular flexibility index (Phi) is 6.11. The summed E-state index contributed by atoms with van der Waals surface area (Å²) in [5.41, 5.74) is 1.22. The van der Waals surface area contributed by atoms with E-state index in [1.807, 2.05) is 61.5 Å². The monoisotopic (exact) mass is 379 g/mol. The van der Waals surface area contributed by atoms with Crippen LogP contribution in [0.15, 0.2) is 58.3 Å². The SMILES string of the molecule is COc1ccc(Cn2c(O)c(C=NCCN(C)C)c3ccccc3c2=O)cc1. The van der Waals surface area contributed by atoms with Crippen molar-refractivity contribution >= 4 is 17.0 Å². The van der Waals surface area contributed by atoms with E-state index in [-0.39, 0.29) is 18.0 Å². The molecule has 0 atom stereocenters. The number of pyridine rings is 1. The molecular weight excluding hydrogens is 354 g/mol. The van der Waals surface area contributed by atoms with Gasteiger partial charge in [-0.25, -0.2) is 0 Å². The molecule has 146 valence electrons. The normalized spacial score (nSPS) is 11.6. The molecule has 0 fully saturated rings. The summed E-state index contributed by atoms with van der Waals surface area (Å²) in [5.74, 6) is 0.667. The Morgan fingerprint density at radius 1 is 1.11 bits per heavy atom. The Bertz CT molecular complexity index is 1040. The van der Waals surface area contributed by atoms with Crippen molar-refractivity contribution in [3.8, 4) is 11.6 Å². The lowest BCUT2D eigenvalue weighted by molar-refractivity contribution is 0.412. The second-order valence-electron chi connectivity index (χ2n) is 6.86. The van der Waals surface area contributed by atoms with E-state index < -0.39 is 0 Å². The molecule has 2 aromatic carbocycles. The first-order valence-electron chi connectivity index (χ1n) is 9.13. The van der Waals surface area contributed by atoms with Gasteiger partial charge in [-0.2, -0.15) is 0 Å². The molecule has 0 bridgehead atoms. The zero-order valence-electron chi connectivity index (χ0n) is 16.4. The van der Waals surface area contributed by atoms with Gasteiger partial charge in [0.15, 0.2) is 0 Å². The fourth-order valence-corrected chi connectivity index (χ4v) is 3.01. The number of rotatable bonds is 7. The van der Waals surface area contributed by atoms with Gasteiger partial charge in [0.25, 0.3) is 5.56 Å². The van der Waals surface area contributed by atoms with Crippen molar-refractivity contribution in [2.75, 3.05) is 34.3 Å². The second-order valence-corrected chi connectivity index (χ2v) is 6.86. The second kappa shape index (κ2) is 8.71. The van der Waals surface area contributed by atoms with E-state index in [1.165, 1.54) is 4.57 Å². The standard InChI is InChI=1S/C22H25N3O3/c1-24(2)13-12-23-14-20-18-6-4-5-7-19(18)21(26)25(22(20)27)15-16-8-10-17(28-3)11-9-16/h4-11,14,27H,12-13,15H2,1-3H3. The molecule has 3 aromatic rings. The highest BCUT2D eigenvalue weighted by Crippen LogP contribution is 2.24. The van der Waals surface area contributed by atoms with E-state index in [0.29, 0.717) is 22.9 Å². The van der Waals surface area contributed by atoms with Crippen LogP contribution in [0.3, 0.4) is 0 Å². The number of benzene rings is 2. The van der Waals surface area contributed by atoms with Crippen LogP contribution in [0.1, 0.15) is 11.1 Å². The smallest absolute Gasteiger partial charge is 0.261 e. The predicted octanol–water partition coefficient (Wildman–Crippen LogP) is 2.74. The molecule has 0 saturated heterocycles. The van der Waals surface area contributed by atoms with Gasteiger partial charge in [0, 0.05) is 23.5 Å². The summed E-state index contributed by atoms with van der Waals surface area (Å²) in [7, 11) is 5.57. The average Bonchev–Trinajstić information content (AvgIpc) is 2.71. The quantitative estimate of drug-likeness (QED) is 0.641. The van der Waals surface area contributed by atoms with Gasteiger partial charge >= 0.3 is 0 Å². The minimum Gasteiger partial charge on any atom is -0.497 e. The molecule has 28 heavy (non-hydrogen) atoms. The first-order valence-corrected chi connectivity index (χ1v) is 9.13. The van der Waals surface area contributed by atoms with Crippen molar-refractivity contribution in [1.29, 1.82) is 0 Å². The van der Waals surface area contributed by atoms with Gasteiger partial charge in [0.2, 0.25) is 5.88 Å². The Morgan fingerprint density at radius 3 is 2.43 bits per heavy atom. The molecule has 1 heterocycles. The lowest BCUT2D eigenvalue weighted by Gasteiger charge is -2.14. The molecule has 0 amide bonds.